The van der Waals surface area contributed by atoms with Crippen molar-refractivity contribution in [3.8, 4) is 0 Å². The number of carbonyl (C=O) groups excluding carboxylic acids is 1. The fraction of sp³-hybridized carbons (Fsp3) is 0.258. The number of hydrogen-bond acceptors (Lipinski definition) is 2. The van der Waals surface area contributed by atoms with Crippen LogP contribution in [-0.4, -0.2) is 27.0 Å². The second-order valence-electron chi connectivity index (χ2n) is 10.1. The Morgan fingerprint density at radius 2 is 1.37 bits per heavy atom. The average molecular weight is 679 g/mol. The van der Waals surface area contributed by atoms with Crippen LogP contribution < -0.4 is 7.16 Å². The summed E-state index contributed by atoms with van der Waals surface area (Å²) in [6.07, 6.45) is 3.90. The van der Waals surface area contributed by atoms with Crippen LogP contribution in [-0.2, 0) is 4.74 Å². The molecule has 0 N–H and O–H groups in total. The first-order valence-electron chi connectivity index (χ1n) is 12.6. The number of benzene rings is 4. The van der Waals surface area contributed by atoms with Gasteiger partial charge in [0, 0.05) is 0 Å². The molecule has 0 radical (unpaired) electrons. The van der Waals surface area contributed by atoms with Gasteiger partial charge in [-0.1, -0.05) is 0 Å². The average Bonchev–Trinajstić information content (AvgIpc) is 3.54. The van der Waals surface area contributed by atoms with Gasteiger partial charge in [-0.05, 0) is 0 Å². The van der Waals surface area contributed by atoms with E-state index in [0.717, 1.165) is 16.7 Å². The normalized spacial score (nSPS) is 23.5. The Kier molecular flexibility index (Phi) is 6.65. The molecule has 2 nitrogen and oxygen atoms in total. The number of rotatable bonds is 6. The molecular formula is C31H29IO2Sn. The Balaban J connectivity index is 1.33. The summed E-state index contributed by atoms with van der Waals surface area (Å²) in [5.41, 5.74) is 0.679. The van der Waals surface area contributed by atoms with E-state index in [1.54, 1.807) is 7.16 Å². The molecule has 0 spiro atoms. The SMILES string of the molecule is O=C(OC[C@@H]1[C@@H]2CC[C@@H](C2)[C@H]1[Sn]([I])([c]1ccccc1)[c]1ccccc1)c1cccc2ccccc12. The molecule has 0 amide bonds. The molecule has 2 aliphatic carbocycles. The van der Waals surface area contributed by atoms with Crippen LogP contribution in [0.3, 0.4) is 0 Å². The van der Waals surface area contributed by atoms with Crippen LogP contribution in [0, 0.1) is 17.8 Å². The van der Waals surface area contributed by atoms with E-state index >= 15 is 0 Å². The zero-order valence-electron chi connectivity index (χ0n) is 19.6. The van der Waals surface area contributed by atoms with E-state index in [9.17, 15) is 4.79 Å². The van der Waals surface area contributed by atoms with Crippen LogP contribution in [0.4, 0.5) is 0 Å². The van der Waals surface area contributed by atoms with Gasteiger partial charge in [-0.3, -0.25) is 0 Å². The van der Waals surface area contributed by atoms with Gasteiger partial charge in [0.05, 0.1) is 0 Å². The van der Waals surface area contributed by atoms with E-state index in [1.165, 1.54) is 19.3 Å². The van der Waals surface area contributed by atoms with Gasteiger partial charge in [0.25, 0.3) is 0 Å². The first-order valence-corrected chi connectivity index (χ1v) is 25.4. The van der Waals surface area contributed by atoms with Gasteiger partial charge in [-0.2, -0.15) is 0 Å². The predicted molar refractivity (Wildman–Crippen MR) is 154 cm³/mol. The summed E-state index contributed by atoms with van der Waals surface area (Å²) in [5, 5.41) is 2.05. The van der Waals surface area contributed by atoms with Crippen molar-refractivity contribution in [1.82, 2.24) is 0 Å². The summed E-state index contributed by atoms with van der Waals surface area (Å²) in [7, 11) is 0. The van der Waals surface area contributed by atoms with Crippen LogP contribution in [0.5, 0.6) is 0 Å². The van der Waals surface area contributed by atoms with E-state index in [2.05, 4.69) is 91.4 Å². The zero-order chi connectivity index (χ0) is 23.8. The second kappa shape index (κ2) is 9.89. The molecule has 0 saturated heterocycles. The number of fused-ring (bicyclic) bond motifs is 3. The number of esters is 1. The minimum absolute atomic E-state index is 0.183. The van der Waals surface area contributed by atoms with Gasteiger partial charge in [0.2, 0.25) is 0 Å². The molecule has 0 aliphatic heterocycles. The molecule has 4 aromatic rings. The number of hydrogen-bond donors (Lipinski definition) is 0. The van der Waals surface area contributed by atoms with E-state index < -0.39 is 14.4 Å². The quantitative estimate of drug-likeness (QED) is 0.130. The first-order chi connectivity index (χ1) is 17.2. The Bertz CT molecular complexity index is 1300. The fourth-order valence-electron chi connectivity index (χ4n) is 6.84. The van der Waals surface area contributed by atoms with Gasteiger partial charge in [-0.15, -0.1) is 0 Å². The Morgan fingerprint density at radius 3 is 2.09 bits per heavy atom. The Labute approximate surface area is 221 Å². The molecule has 4 heteroatoms. The molecule has 2 aliphatic rings. The molecule has 4 atom stereocenters. The van der Waals surface area contributed by atoms with E-state index in [0.29, 0.717) is 27.9 Å². The van der Waals surface area contributed by atoms with Gasteiger partial charge in [0.1, 0.15) is 0 Å². The molecule has 6 rings (SSSR count). The van der Waals surface area contributed by atoms with Gasteiger partial charge >= 0.3 is 223 Å². The molecule has 2 saturated carbocycles. The van der Waals surface area contributed by atoms with Gasteiger partial charge in [0.15, 0.2) is 0 Å². The molecule has 35 heavy (non-hydrogen) atoms. The Morgan fingerprint density at radius 1 is 0.771 bits per heavy atom. The maximum atomic E-state index is 13.3. The molecular weight excluding hydrogens is 650 g/mol. The van der Waals surface area contributed by atoms with Crippen LogP contribution in [0.15, 0.2) is 103 Å². The van der Waals surface area contributed by atoms with Crippen LogP contribution in [0.25, 0.3) is 10.8 Å². The van der Waals surface area contributed by atoms with E-state index in [1.807, 2.05) is 30.3 Å². The topological polar surface area (TPSA) is 26.3 Å². The van der Waals surface area contributed by atoms with Crippen molar-refractivity contribution in [2.24, 2.45) is 17.8 Å². The van der Waals surface area contributed by atoms with Crippen LogP contribution in [0.1, 0.15) is 29.6 Å². The second-order valence-corrected chi connectivity index (χ2v) is 30.8. The molecule has 176 valence electrons. The molecule has 2 fully saturated rings. The summed E-state index contributed by atoms with van der Waals surface area (Å²) in [6, 6.07) is 36.5. The molecule has 4 aromatic carbocycles. The van der Waals surface area contributed by atoms with Crippen molar-refractivity contribution in [2.45, 2.75) is 23.2 Å². The summed E-state index contributed by atoms with van der Waals surface area (Å²) < 4.78 is 9.90. The summed E-state index contributed by atoms with van der Waals surface area (Å²) in [6.45, 7) is 0.537. The van der Waals surface area contributed by atoms with Crippen molar-refractivity contribution < 1.29 is 9.53 Å². The monoisotopic (exact) mass is 680 g/mol. The summed E-state index contributed by atoms with van der Waals surface area (Å²) in [5.74, 6) is 1.68. The van der Waals surface area contributed by atoms with Crippen LogP contribution >= 0.6 is 18.6 Å². The molecule has 2 bridgehead atoms. The van der Waals surface area contributed by atoms with Crippen molar-refractivity contribution in [3.05, 3.63) is 109 Å². The fourth-order valence-corrected chi connectivity index (χ4v) is 30.6. The predicted octanol–water partition coefficient (Wildman–Crippen LogP) is 6.61. The van der Waals surface area contributed by atoms with Crippen LogP contribution in [0.2, 0.25) is 3.93 Å². The number of ether oxygens (including phenoxy) is 1. The standard InChI is InChI=1S/C19H19O2.2C6H5.HI.Sn/c20-19(21-12-16-11-13-8-9-15(16)10-13)18-7-3-5-14-4-1-2-6-17(14)18;2*1-2-4-6-5-3-1;;/h1-7,11,13,15-16H,8-10,12H2;2*1-5H;1H;/q;;;;+1/p-1/t13-,15+,16+;;;;/m0..../s1. The third-order valence-corrected chi connectivity index (χ3v) is 33.4. The van der Waals surface area contributed by atoms with Gasteiger partial charge in [-0.25, -0.2) is 0 Å². The number of carbonyl (C=O) groups is 1. The van der Waals surface area contributed by atoms with Crippen molar-refractivity contribution in [3.63, 3.8) is 0 Å². The molecule has 0 aromatic heterocycles. The van der Waals surface area contributed by atoms with Gasteiger partial charge < -0.3 is 0 Å². The van der Waals surface area contributed by atoms with Crippen molar-refractivity contribution in [1.29, 1.82) is 0 Å². The maximum absolute atomic E-state index is 13.3. The summed E-state index contributed by atoms with van der Waals surface area (Å²) in [4.78, 5) is 13.3. The third kappa shape index (κ3) is 4.22. The van der Waals surface area contributed by atoms with Crippen molar-refractivity contribution >= 4 is 56.9 Å². The van der Waals surface area contributed by atoms with E-state index in [4.69, 9.17) is 4.74 Å². The number of halogens is 1. The van der Waals surface area contributed by atoms with E-state index in [-0.39, 0.29) is 5.97 Å². The minimum atomic E-state index is -3.10. The Hall–Kier alpha value is -1.86. The molecule has 0 unspecified atom stereocenters. The summed E-state index contributed by atoms with van der Waals surface area (Å²) >= 11 is -0.165. The molecule has 0 heterocycles. The first kappa shape index (κ1) is 23.5. The third-order valence-electron chi connectivity index (χ3n) is 8.35. The zero-order valence-corrected chi connectivity index (χ0v) is 24.7. The van der Waals surface area contributed by atoms with Crippen molar-refractivity contribution in [2.75, 3.05) is 6.61 Å².